The van der Waals surface area contributed by atoms with Gasteiger partial charge in [0.15, 0.2) is 17.3 Å². The summed E-state index contributed by atoms with van der Waals surface area (Å²) in [5.74, 6) is -3.11. The maximum atomic E-state index is 12.4. The van der Waals surface area contributed by atoms with Crippen LogP contribution in [0.5, 0.6) is 0 Å². The molecule has 0 amide bonds. The number of Topliss-reactive ketones (excluding diaryl/α,β-unsaturated/α-hetero) is 3. The molecule has 1 saturated carbocycles. The van der Waals surface area contributed by atoms with E-state index in [1.165, 1.54) is 27.7 Å². The Morgan fingerprint density at radius 2 is 1.26 bits per heavy atom. The van der Waals surface area contributed by atoms with E-state index >= 15 is 0 Å². The van der Waals surface area contributed by atoms with Crippen LogP contribution in [0, 0.1) is 16.7 Å². The fourth-order valence-electron chi connectivity index (χ4n) is 2.49. The van der Waals surface area contributed by atoms with Crippen LogP contribution in [-0.2, 0) is 14.4 Å². The molecule has 0 radical (unpaired) electrons. The molecule has 8 N–H and O–H groups in total. The van der Waals surface area contributed by atoms with Gasteiger partial charge in [-0.2, -0.15) is 0 Å². The molecule has 0 aromatic heterocycles. The molecule has 0 aliphatic heterocycles. The third-order valence-electron chi connectivity index (χ3n) is 3.97. The van der Waals surface area contributed by atoms with E-state index < -0.39 is 45.9 Å². The highest BCUT2D eigenvalue weighted by Crippen LogP contribution is 2.42. The minimum Gasteiger partial charge on any atom is -0.313 e. The summed E-state index contributed by atoms with van der Waals surface area (Å²) in [6, 6.07) is 0. The largest absolute Gasteiger partial charge is 0.313 e. The first-order valence-corrected chi connectivity index (χ1v) is 6.01. The van der Waals surface area contributed by atoms with E-state index in [-0.39, 0.29) is 0 Å². The van der Waals surface area contributed by atoms with Crippen LogP contribution in [0.3, 0.4) is 0 Å². The minimum absolute atomic E-state index is 0.451. The number of hydrogen-bond acceptors (Lipinski definition) is 7. The van der Waals surface area contributed by atoms with E-state index in [0.717, 1.165) is 0 Å². The Morgan fingerprint density at radius 1 is 0.947 bits per heavy atom. The molecule has 1 rings (SSSR count). The molecular weight excluding hydrogens is 248 g/mol. The molecule has 0 heterocycles. The highest BCUT2D eigenvalue weighted by molar-refractivity contribution is 6.28. The first-order chi connectivity index (χ1) is 8.29. The fourth-order valence-corrected chi connectivity index (χ4v) is 2.49. The molecule has 7 nitrogen and oxygen atoms in total. The van der Waals surface area contributed by atoms with Crippen molar-refractivity contribution in [2.24, 2.45) is 39.7 Å². The van der Waals surface area contributed by atoms with Crippen LogP contribution in [0.2, 0.25) is 0 Å². The predicted octanol–water partition coefficient (Wildman–Crippen LogP) is -1.77. The smallest absolute Gasteiger partial charge is 0.159 e. The van der Waals surface area contributed by atoms with Crippen molar-refractivity contribution < 1.29 is 14.4 Å². The van der Waals surface area contributed by atoms with E-state index in [9.17, 15) is 14.4 Å². The summed E-state index contributed by atoms with van der Waals surface area (Å²) in [7, 11) is 0. The van der Waals surface area contributed by atoms with Crippen LogP contribution >= 0.6 is 0 Å². The summed E-state index contributed by atoms with van der Waals surface area (Å²) in [5, 5.41) is 0. The molecule has 1 fully saturated rings. The summed E-state index contributed by atoms with van der Waals surface area (Å²) in [6.45, 7) is 5.82. The molecule has 0 saturated heterocycles. The summed E-state index contributed by atoms with van der Waals surface area (Å²) < 4.78 is 0. The van der Waals surface area contributed by atoms with E-state index in [0.29, 0.717) is 0 Å². The van der Waals surface area contributed by atoms with Gasteiger partial charge in [0.05, 0.1) is 17.0 Å². The predicted molar refractivity (Wildman–Crippen MR) is 69.3 cm³/mol. The molecule has 0 spiro atoms. The summed E-state index contributed by atoms with van der Waals surface area (Å²) in [5.41, 5.74) is 17.9. The van der Waals surface area contributed by atoms with Crippen LogP contribution in [-0.4, -0.2) is 29.2 Å². The van der Waals surface area contributed by atoms with Crippen LogP contribution < -0.4 is 22.9 Å². The molecule has 0 aromatic rings. The van der Waals surface area contributed by atoms with Crippen molar-refractivity contribution in [3.8, 4) is 0 Å². The average molecular weight is 270 g/mol. The van der Waals surface area contributed by atoms with Gasteiger partial charge in [0.2, 0.25) is 0 Å². The molecule has 7 heteroatoms. The topological polar surface area (TPSA) is 155 Å². The number of hydrogen-bond donors (Lipinski definition) is 4. The van der Waals surface area contributed by atoms with E-state index in [1.807, 2.05) is 0 Å². The second-order valence-corrected chi connectivity index (χ2v) is 6.27. The molecular formula is C12H22N4O3. The van der Waals surface area contributed by atoms with Crippen molar-refractivity contribution in [2.75, 3.05) is 0 Å². The van der Waals surface area contributed by atoms with Crippen molar-refractivity contribution in [3.63, 3.8) is 0 Å². The average Bonchev–Trinajstić information content (AvgIpc) is 2.25. The van der Waals surface area contributed by atoms with Gasteiger partial charge < -0.3 is 22.9 Å². The Labute approximate surface area is 112 Å². The number of carbonyl (C=O) groups is 3. The van der Waals surface area contributed by atoms with Gasteiger partial charge in [-0.05, 0) is 27.7 Å². The molecule has 19 heavy (non-hydrogen) atoms. The zero-order chi connectivity index (χ0) is 15.4. The monoisotopic (exact) mass is 270 g/mol. The van der Waals surface area contributed by atoms with Crippen molar-refractivity contribution in [1.29, 1.82) is 0 Å². The lowest BCUT2D eigenvalue weighted by Crippen LogP contribution is -2.77. The molecule has 1 aliphatic carbocycles. The molecule has 1 aliphatic rings. The maximum absolute atomic E-state index is 12.4. The van der Waals surface area contributed by atoms with Crippen molar-refractivity contribution in [2.45, 2.75) is 39.5 Å². The number of nitrogens with two attached hydrogens (primary N) is 4. The molecule has 108 valence electrons. The van der Waals surface area contributed by atoms with Crippen LogP contribution in [0.1, 0.15) is 27.7 Å². The van der Waals surface area contributed by atoms with Crippen molar-refractivity contribution in [1.82, 2.24) is 0 Å². The van der Waals surface area contributed by atoms with Gasteiger partial charge in [0.25, 0.3) is 0 Å². The van der Waals surface area contributed by atoms with Gasteiger partial charge in [-0.3, -0.25) is 14.4 Å². The lowest BCUT2D eigenvalue weighted by Gasteiger charge is -2.46. The third-order valence-corrected chi connectivity index (χ3v) is 3.97. The number of rotatable bonds is 2. The Bertz CT molecular complexity index is 422. The van der Waals surface area contributed by atoms with Crippen LogP contribution in [0.4, 0.5) is 0 Å². The fraction of sp³-hybridized carbons (Fsp3) is 0.750. The Hall–Kier alpha value is -1.15. The lowest BCUT2D eigenvalue weighted by molar-refractivity contribution is -0.162. The van der Waals surface area contributed by atoms with E-state index in [2.05, 4.69) is 0 Å². The molecule has 0 unspecified atom stereocenters. The summed E-state index contributed by atoms with van der Waals surface area (Å²) in [4.78, 5) is 37.0. The first kappa shape index (κ1) is 15.9. The van der Waals surface area contributed by atoms with Gasteiger partial charge in [0.1, 0.15) is 11.6 Å². The van der Waals surface area contributed by atoms with Gasteiger partial charge in [0, 0.05) is 0 Å². The normalized spacial score (nSPS) is 24.2. The zero-order valence-electron chi connectivity index (χ0n) is 11.7. The second-order valence-electron chi connectivity index (χ2n) is 6.27. The first-order valence-electron chi connectivity index (χ1n) is 6.01. The Kier molecular flexibility index (Phi) is 3.49. The number of ketones is 3. The Balaban J connectivity index is 3.46. The quantitative estimate of drug-likeness (QED) is 0.342. The molecule has 0 bridgehead atoms. The highest BCUT2D eigenvalue weighted by Gasteiger charge is 2.62. The van der Waals surface area contributed by atoms with Crippen molar-refractivity contribution in [3.05, 3.63) is 0 Å². The minimum atomic E-state index is -1.89. The maximum Gasteiger partial charge on any atom is 0.159 e. The van der Waals surface area contributed by atoms with Gasteiger partial charge >= 0.3 is 0 Å². The van der Waals surface area contributed by atoms with E-state index in [4.69, 9.17) is 22.9 Å². The van der Waals surface area contributed by atoms with E-state index in [1.54, 1.807) is 0 Å². The number of carbonyl (C=O) groups excluding carboxylic acids is 3. The zero-order valence-corrected chi connectivity index (χ0v) is 11.7. The van der Waals surface area contributed by atoms with Crippen molar-refractivity contribution >= 4 is 17.3 Å². The standard InChI is InChI=1S/C12H22N4O3/c1-10(2)6(17)5(12(15,16)9(13)14)7(18)11(3,4)8(10)19/h5,9H,13-16H2,1-4H3. The van der Waals surface area contributed by atoms with Crippen LogP contribution in [0.25, 0.3) is 0 Å². The molecule has 0 atom stereocenters. The van der Waals surface area contributed by atoms with Crippen LogP contribution in [0.15, 0.2) is 0 Å². The lowest BCUT2D eigenvalue weighted by atomic mass is 9.56. The summed E-state index contributed by atoms with van der Waals surface area (Å²) >= 11 is 0. The SMILES string of the molecule is CC1(C)C(=O)C(C(N)(N)C(N)N)C(=O)C(C)(C)C1=O. The van der Waals surface area contributed by atoms with Gasteiger partial charge in [-0.1, -0.05) is 0 Å². The third kappa shape index (κ3) is 2.02. The van der Waals surface area contributed by atoms with Gasteiger partial charge in [-0.25, -0.2) is 0 Å². The Morgan fingerprint density at radius 3 is 1.53 bits per heavy atom. The highest BCUT2D eigenvalue weighted by atomic mass is 16.2. The van der Waals surface area contributed by atoms with Gasteiger partial charge in [-0.15, -0.1) is 0 Å². The summed E-state index contributed by atoms with van der Waals surface area (Å²) in [6.07, 6.45) is -1.26. The second kappa shape index (κ2) is 4.17. The molecule has 0 aromatic carbocycles.